The van der Waals surface area contributed by atoms with Crippen LogP contribution in [0.1, 0.15) is 17.3 Å². The van der Waals surface area contributed by atoms with Crippen molar-refractivity contribution >= 4 is 11.8 Å². The van der Waals surface area contributed by atoms with Crippen LogP contribution >= 0.6 is 0 Å². The molecule has 1 aromatic heterocycles. The lowest BCUT2D eigenvalue weighted by atomic mass is 10.2. The highest BCUT2D eigenvalue weighted by Gasteiger charge is 2.20. The van der Waals surface area contributed by atoms with Crippen LogP contribution in [0.15, 0.2) is 23.3 Å². The second-order valence-corrected chi connectivity index (χ2v) is 4.03. The van der Waals surface area contributed by atoms with Crippen LogP contribution in [0, 0.1) is 0 Å². The number of hydrogen-bond acceptors (Lipinski definition) is 3. The van der Waals surface area contributed by atoms with Gasteiger partial charge in [-0.3, -0.25) is 14.4 Å². The number of rotatable bonds is 4. The van der Waals surface area contributed by atoms with E-state index in [1.807, 2.05) is 0 Å². The largest absolute Gasteiger partial charge is 0.367 e. The molecule has 0 unspecified atom stereocenters. The quantitative estimate of drug-likeness (QED) is 0.813. The number of pyridine rings is 1. The van der Waals surface area contributed by atoms with E-state index in [1.165, 1.54) is 28.3 Å². The number of hydrogen-bond donors (Lipinski definition) is 1. The highest BCUT2D eigenvalue weighted by atomic mass is 16.2. The molecule has 6 nitrogen and oxygen atoms in total. The van der Waals surface area contributed by atoms with Crippen molar-refractivity contribution in [1.82, 2.24) is 14.8 Å². The van der Waals surface area contributed by atoms with Crippen molar-refractivity contribution in [3.8, 4) is 0 Å². The number of amides is 2. The molecule has 0 spiro atoms. The van der Waals surface area contributed by atoms with E-state index < -0.39 is 5.91 Å². The molecule has 18 heavy (non-hydrogen) atoms. The van der Waals surface area contributed by atoms with Crippen molar-refractivity contribution in [2.24, 2.45) is 0 Å². The van der Waals surface area contributed by atoms with E-state index in [4.69, 9.17) is 0 Å². The summed E-state index contributed by atoms with van der Waals surface area (Å²) in [6.07, 6.45) is 2.81. The second kappa shape index (κ2) is 6.00. The Morgan fingerprint density at radius 1 is 1.33 bits per heavy atom. The fourth-order valence-electron chi connectivity index (χ4n) is 1.39. The summed E-state index contributed by atoms with van der Waals surface area (Å²) in [4.78, 5) is 40.6. The summed E-state index contributed by atoms with van der Waals surface area (Å²) < 4.78 is 0. The molecule has 0 atom stereocenters. The van der Waals surface area contributed by atoms with Gasteiger partial charge in [-0.1, -0.05) is 0 Å². The number of H-pyrrole nitrogens is 1. The topological polar surface area (TPSA) is 73.5 Å². The number of nitrogens with zero attached hydrogens (tertiary/aromatic N) is 2. The maximum absolute atomic E-state index is 12.1. The minimum absolute atomic E-state index is 0.0311. The molecule has 1 heterocycles. The Hall–Kier alpha value is -2.11. The Balaban J connectivity index is 2.90. The first-order chi connectivity index (χ1) is 8.47. The van der Waals surface area contributed by atoms with Crippen molar-refractivity contribution in [3.05, 3.63) is 34.2 Å². The highest BCUT2D eigenvalue weighted by Crippen LogP contribution is 1.99. The standard InChI is InChI=1S/C12H17N3O3/c1-4-15(8-11(17)14(2)3)12(18)9-7-13-6-5-10(9)16/h5-7H,4,8H2,1-3H3,(H,13,16). The zero-order valence-electron chi connectivity index (χ0n) is 10.8. The normalized spacial score (nSPS) is 9.94. The van der Waals surface area contributed by atoms with Crippen LogP contribution in [-0.2, 0) is 4.79 Å². The number of carbonyl (C=O) groups is 2. The fourth-order valence-corrected chi connectivity index (χ4v) is 1.39. The van der Waals surface area contributed by atoms with Crippen molar-refractivity contribution in [2.45, 2.75) is 6.92 Å². The Morgan fingerprint density at radius 2 is 2.00 bits per heavy atom. The third-order valence-corrected chi connectivity index (χ3v) is 2.55. The van der Waals surface area contributed by atoms with Gasteiger partial charge in [-0.05, 0) is 6.92 Å². The number of likely N-dealkylation sites (N-methyl/N-ethyl adjacent to an activating group) is 2. The summed E-state index contributed by atoms with van der Waals surface area (Å²) in [5.41, 5.74) is -0.305. The van der Waals surface area contributed by atoms with Gasteiger partial charge in [0, 0.05) is 39.1 Å². The molecule has 98 valence electrons. The lowest BCUT2D eigenvalue weighted by Crippen LogP contribution is -2.41. The van der Waals surface area contributed by atoms with Gasteiger partial charge in [0.15, 0.2) is 5.43 Å². The molecule has 1 aromatic rings. The molecule has 0 saturated heterocycles. The van der Waals surface area contributed by atoms with Crippen LogP contribution in [0.4, 0.5) is 0 Å². The Bertz CT molecular complexity index is 493. The first-order valence-electron chi connectivity index (χ1n) is 5.64. The molecule has 1 N–H and O–H groups in total. The molecule has 0 radical (unpaired) electrons. The average Bonchev–Trinajstić information content (AvgIpc) is 2.35. The van der Waals surface area contributed by atoms with Crippen LogP contribution in [0.2, 0.25) is 0 Å². The highest BCUT2D eigenvalue weighted by molar-refractivity contribution is 5.96. The number of carbonyl (C=O) groups excluding carboxylic acids is 2. The van der Waals surface area contributed by atoms with Gasteiger partial charge in [0.1, 0.15) is 5.56 Å². The van der Waals surface area contributed by atoms with E-state index in [9.17, 15) is 14.4 Å². The third kappa shape index (κ3) is 3.19. The summed E-state index contributed by atoms with van der Waals surface area (Å²) in [7, 11) is 3.24. The summed E-state index contributed by atoms with van der Waals surface area (Å²) in [6, 6.07) is 1.29. The van der Waals surface area contributed by atoms with Crippen LogP contribution in [0.3, 0.4) is 0 Å². The smallest absolute Gasteiger partial charge is 0.259 e. The van der Waals surface area contributed by atoms with Gasteiger partial charge in [0.25, 0.3) is 5.91 Å². The van der Waals surface area contributed by atoms with E-state index in [-0.39, 0.29) is 23.4 Å². The zero-order chi connectivity index (χ0) is 13.7. The molecule has 0 bridgehead atoms. The first kappa shape index (κ1) is 14.0. The van der Waals surface area contributed by atoms with Crippen molar-refractivity contribution in [3.63, 3.8) is 0 Å². The molecule has 0 aromatic carbocycles. The van der Waals surface area contributed by atoms with Gasteiger partial charge in [0.05, 0.1) is 6.54 Å². The fraction of sp³-hybridized carbons (Fsp3) is 0.417. The predicted octanol–water partition coefficient (Wildman–Crippen LogP) is -0.0748. The molecule has 6 heteroatoms. The van der Waals surface area contributed by atoms with E-state index in [0.717, 1.165) is 0 Å². The minimum Gasteiger partial charge on any atom is -0.367 e. The summed E-state index contributed by atoms with van der Waals surface area (Å²) in [5.74, 6) is -0.618. The number of aromatic nitrogens is 1. The van der Waals surface area contributed by atoms with E-state index in [0.29, 0.717) is 6.54 Å². The zero-order valence-corrected chi connectivity index (χ0v) is 10.8. The summed E-state index contributed by atoms with van der Waals surface area (Å²) in [5, 5.41) is 0. The van der Waals surface area contributed by atoms with E-state index in [2.05, 4.69) is 4.98 Å². The third-order valence-electron chi connectivity index (χ3n) is 2.55. The van der Waals surface area contributed by atoms with Crippen molar-refractivity contribution in [2.75, 3.05) is 27.2 Å². The molecule has 0 aliphatic rings. The van der Waals surface area contributed by atoms with Gasteiger partial charge in [-0.2, -0.15) is 0 Å². The van der Waals surface area contributed by atoms with Crippen molar-refractivity contribution < 1.29 is 9.59 Å². The number of aromatic amines is 1. The molecule has 0 saturated carbocycles. The Labute approximate surface area is 105 Å². The predicted molar refractivity (Wildman–Crippen MR) is 67.3 cm³/mol. The number of nitrogens with one attached hydrogen (secondary N) is 1. The van der Waals surface area contributed by atoms with Crippen LogP contribution in [0.25, 0.3) is 0 Å². The second-order valence-electron chi connectivity index (χ2n) is 4.03. The molecule has 0 aliphatic carbocycles. The molecule has 1 rings (SSSR count). The maximum atomic E-state index is 12.1. The van der Waals surface area contributed by atoms with Gasteiger partial charge in [-0.25, -0.2) is 0 Å². The summed E-state index contributed by atoms with van der Waals surface area (Å²) >= 11 is 0. The van der Waals surface area contributed by atoms with Gasteiger partial charge < -0.3 is 14.8 Å². The Kier molecular flexibility index (Phi) is 4.65. The molecular weight excluding hydrogens is 234 g/mol. The van der Waals surface area contributed by atoms with Gasteiger partial charge in [-0.15, -0.1) is 0 Å². The molecule has 2 amide bonds. The maximum Gasteiger partial charge on any atom is 0.259 e. The molecule has 0 fully saturated rings. The lowest BCUT2D eigenvalue weighted by molar-refractivity contribution is -0.129. The van der Waals surface area contributed by atoms with Crippen LogP contribution in [0.5, 0.6) is 0 Å². The van der Waals surface area contributed by atoms with Crippen molar-refractivity contribution in [1.29, 1.82) is 0 Å². The average molecular weight is 251 g/mol. The van der Waals surface area contributed by atoms with Gasteiger partial charge >= 0.3 is 0 Å². The molecular formula is C12H17N3O3. The van der Waals surface area contributed by atoms with Crippen LogP contribution < -0.4 is 5.43 Å². The summed E-state index contributed by atoms with van der Waals surface area (Å²) in [6.45, 7) is 2.10. The molecule has 0 aliphatic heterocycles. The van der Waals surface area contributed by atoms with Crippen LogP contribution in [-0.4, -0.2) is 53.8 Å². The first-order valence-corrected chi connectivity index (χ1v) is 5.64. The van der Waals surface area contributed by atoms with E-state index >= 15 is 0 Å². The lowest BCUT2D eigenvalue weighted by Gasteiger charge is -2.21. The minimum atomic E-state index is -0.436. The van der Waals surface area contributed by atoms with E-state index in [1.54, 1.807) is 21.0 Å². The SMILES string of the molecule is CCN(CC(=O)N(C)C)C(=O)c1c[nH]ccc1=O. The monoisotopic (exact) mass is 251 g/mol. The van der Waals surface area contributed by atoms with Gasteiger partial charge in [0.2, 0.25) is 5.91 Å². The Morgan fingerprint density at radius 3 is 2.50 bits per heavy atom.